The molecule has 0 aromatic carbocycles. The second-order valence-corrected chi connectivity index (χ2v) is 6.47. The molecule has 1 N–H and O–H groups in total. The van der Waals surface area contributed by atoms with E-state index in [4.69, 9.17) is 0 Å². The highest BCUT2D eigenvalue weighted by Gasteiger charge is 2.15. The average molecular weight is 227 g/mol. The van der Waals surface area contributed by atoms with Gasteiger partial charge in [0.1, 0.15) is 0 Å². The molecule has 0 unspecified atom stereocenters. The van der Waals surface area contributed by atoms with E-state index < -0.39 is 0 Å². The van der Waals surface area contributed by atoms with E-state index in [0.29, 0.717) is 0 Å². The van der Waals surface area contributed by atoms with Gasteiger partial charge >= 0.3 is 0 Å². The predicted molar refractivity (Wildman–Crippen MR) is 69.6 cm³/mol. The zero-order valence-electron chi connectivity index (χ0n) is 9.84. The van der Waals surface area contributed by atoms with Crippen LogP contribution in [0.15, 0.2) is 0 Å². The highest BCUT2D eigenvalue weighted by atomic mass is 32.2. The molecule has 2 rings (SSSR count). The van der Waals surface area contributed by atoms with Crippen molar-refractivity contribution in [2.24, 2.45) is 0 Å². The second kappa shape index (κ2) is 6.80. The molecule has 0 aromatic heterocycles. The summed E-state index contributed by atoms with van der Waals surface area (Å²) in [5.41, 5.74) is 0. The quantitative estimate of drug-likeness (QED) is 0.696. The Morgan fingerprint density at radius 2 is 1.60 bits per heavy atom. The largest absolute Gasteiger partial charge is 0.314 e. The first-order chi connectivity index (χ1) is 7.45. The third-order valence-electron chi connectivity index (χ3n) is 3.77. The van der Waals surface area contributed by atoms with E-state index in [1.807, 2.05) is 0 Å². The minimum Gasteiger partial charge on any atom is -0.314 e. The van der Waals surface area contributed by atoms with Gasteiger partial charge in [0, 0.05) is 11.3 Å². The van der Waals surface area contributed by atoms with Crippen molar-refractivity contribution in [3.63, 3.8) is 0 Å². The summed E-state index contributed by atoms with van der Waals surface area (Å²) >= 11 is 2.23. The van der Waals surface area contributed by atoms with Crippen LogP contribution in [-0.4, -0.2) is 23.6 Å². The number of hydrogen-bond acceptors (Lipinski definition) is 2. The third kappa shape index (κ3) is 4.36. The highest BCUT2D eigenvalue weighted by molar-refractivity contribution is 7.99. The maximum Gasteiger partial charge on any atom is 0.00670 e. The lowest BCUT2D eigenvalue weighted by molar-refractivity contribution is 0.524. The molecule has 2 aliphatic carbocycles. The lowest BCUT2D eigenvalue weighted by Gasteiger charge is -2.12. The van der Waals surface area contributed by atoms with Gasteiger partial charge in [0.2, 0.25) is 0 Å². The maximum atomic E-state index is 3.69. The van der Waals surface area contributed by atoms with Crippen LogP contribution in [0.5, 0.6) is 0 Å². The van der Waals surface area contributed by atoms with E-state index in [1.165, 1.54) is 70.1 Å². The van der Waals surface area contributed by atoms with Crippen LogP contribution in [0.1, 0.15) is 57.8 Å². The lowest BCUT2D eigenvalue weighted by Crippen LogP contribution is -2.27. The van der Waals surface area contributed by atoms with E-state index in [2.05, 4.69) is 17.1 Å². The molecule has 0 radical (unpaired) electrons. The van der Waals surface area contributed by atoms with E-state index in [1.54, 1.807) is 0 Å². The molecule has 0 atom stereocenters. The van der Waals surface area contributed by atoms with Crippen LogP contribution >= 0.6 is 11.8 Å². The van der Waals surface area contributed by atoms with Crippen molar-refractivity contribution in [1.29, 1.82) is 0 Å². The van der Waals surface area contributed by atoms with Crippen LogP contribution in [0.25, 0.3) is 0 Å². The monoisotopic (exact) mass is 227 g/mol. The minimum atomic E-state index is 0.862. The van der Waals surface area contributed by atoms with Crippen molar-refractivity contribution in [1.82, 2.24) is 5.32 Å². The van der Waals surface area contributed by atoms with Gasteiger partial charge in [-0.05, 0) is 44.4 Å². The van der Waals surface area contributed by atoms with E-state index in [0.717, 1.165) is 11.3 Å². The number of nitrogens with one attached hydrogen (secondary N) is 1. The topological polar surface area (TPSA) is 12.0 Å². The summed E-state index contributed by atoms with van der Waals surface area (Å²) in [6.07, 6.45) is 13.1. The van der Waals surface area contributed by atoms with E-state index in [-0.39, 0.29) is 0 Å². The Hall–Kier alpha value is 0.310. The molecule has 0 saturated heterocycles. The number of rotatable bonds is 6. The molecule has 2 heteroatoms. The van der Waals surface area contributed by atoms with Crippen LogP contribution in [0.3, 0.4) is 0 Å². The van der Waals surface area contributed by atoms with Crippen LogP contribution < -0.4 is 5.32 Å². The fourth-order valence-electron chi connectivity index (χ4n) is 2.81. The van der Waals surface area contributed by atoms with Crippen molar-refractivity contribution in [2.45, 2.75) is 69.1 Å². The summed E-state index contributed by atoms with van der Waals surface area (Å²) < 4.78 is 0. The molecule has 15 heavy (non-hydrogen) atoms. The molecule has 2 saturated carbocycles. The maximum absolute atomic E-state index is 3.69. The summed E-state index contributed by atoms with van der Waals surface area (Å²) in [5.74, 6) is 1.38. The second-order valence-electron chi connectivity index (χ2n) is 5.07. The molecule has 0 amide bonds. The first kappa shape index (κ1) is 11.8. The van der Waals surface area contributed by atoms with Crippen molar-refractivity contribution >= 4 is 11.8 Å². The van der Waals surface area contributed by atoms with Gasteiger partial charge in [-0.25, -0.2) is 0 Å². The van der Waals surface area contributed by atoms with Crippen molar-refractivity contribution < 1.29 is 0 Å². The van der Waals surface area contributed by atoms with Crippen LogP contribution in [0, 0.1) is 0 Å². The van der Waals surface area contributed by atoms with Gasteiger partial charge in [-0.3, -0.25) is 0 Å². The Labute approximate surface area is 98.8 Å². The Bertz CT molecular complexity index is 142. The zero-order valence-corrected chi connectivity index (χ0v) is 10.7. The lowest BCUT2D eigenvalue weighted by atomic mass is 10.2. The van der Waals surface area contributed by atoms with Gasteiger partial charge in [-0.2, -0.15) is 11.8 Å². The fraction of sp³-hybridized carbons (Fsp3) is 1.00. The molecule has 2 aliphatic rings. The first-order valence-corrected chi connectivity index (χ1v) is 7.85. The standard InChI is InChI=1S/C13H25NS/c1-2-7-12(6-1)14-10-5-11-15-13-8-3-4-9-13/h12-14H,1-11H2. The van der Waals surface area contributed by atoms with Gasteiger partial charge < -0.3 is 5.32 Å². The van der Waals surface area contributed by atoms with E-state index in [9.17, 15) is 0 Å². The SMILES string of the molecule is C(CNC1CCCC1)CSC1CCCC1. The number of thioether (sulfide) groups is 1. The van der Waals surface area contributed by atoms with Crippen LogP contribution in [-0.2, 0) is 0 Å². The normalized spacial score (nSPS) is 24.0. The predicted octanol–water partition coefficient (Wildman–Crippen LogP) is 3.58. The van der Waals surface area contributed by atoms with Gasteiger partial charge in [0.15, 0.2) is 0 Å². The highest BCUT2D eigenvalue weighted by Crippen LogP contribution is 2.29. The Morgan fingerprint density at radius 1 is 0.933 bits per heavy atom. The molecular formula is C13H25NS. The van der Waals surface area contributed by atoms with Gasteiger partial charge in [-0.15, -0.1) is 0 Å². The van der Waals surface area contributed by atoms with Crippen molar-refractivity contribution in [3.8, 4) is 0 Å². The molecular weight excluding hydrogens is 202 g/mol. The molecule has 0 spiro atoms. The van der Waals surface area contributed by atoms with Gasteiger partial charge in [0.25, 0.3) is 0 Å². The molecule has 0 aromatic rings. The molecule has 0 heterocycles. The van der Waals surface area contributed by atoms with E-state index >= 15 is 0 Å². The third-order valence-corrected chi connectivity index (χ3v) is 5.23. The fourth-order valence-corrected chi connectivity index (χ4v) is 4.12. The molecule has 0 aliphatic heterocycles. The minimum absolute atomic E-state index is 0.862. The molecule has 88 valence electrons. The average Bonchev–Trinajstić information content (AvgIpc) is 2.88. The van der Waals surface area contributed by atoms with Crippen LogP contribution in [0.4, 0.5) is 0 Å². The van der Waals surface area contributed by atoms with Crippen LogP contribution in [0.2, 0.25) is 0 Å². The van der Waals surface area contributed by atoms with Gasteiger partial charge in [-0.1, -0.05) is 25.7 Å². The Balaban J connectivity index is 1.41. The Kier molecular flexibility index (Phi) is 5.34. The Morgan fingerprint density at radius 3 is 2.33 bits per heavy atom. The van der Waals surface area contributed by atoms with Gasteiger partial charge in [0.05, 0.1) is 0 Å². The van der Waals surface area contributed by atoms with Crippen molar-refractivity contribution in [3.05, 3.63) is 0 Å². The summed E-state index contributed by atoms with van der Waals surface area (Å²) in [6, 6.07) is 0.862. The molecule has 1 nitrogen and oxygen atoms in total. The number of hydrogen-bond donors (Lipinski definition) is 1. The summed E-state index contributed by atoms with van der Waals surface area (Å²) in [4.78, 5) is 0. The summed E-state index contributed by atoms with van der Waals surface area (Å²) in [7, 11) is 0. The first-order valence-electron chi connectivity index (χ1n) is 6.80. The zero-order chi connectivity index (χ0) is 10.3. The summed E-state index contributed by atoms with van der Waals surface area (Å²) in [5, 5.41) is 4.70. The molecule has 2 fully saturated rings. The summed E-state index contributed by atoms with van der Waals surface area (Å²) in [6.45, 7) is 1.25. The van der Waals surface area contributed by atoms with Crippen molar-refractivity contribution in [2.75, 3.05) is 12.3 Å². The smallest absolute Gasteiger partial charge is 0.00670 e. The molecule has 0 bridgehead atoms.